The second kappa shape index (κ2) is 10.2. The number of amides is 2. The fourth-order valence-corrected chi connectivity index (χ4v) is 1.94. The van der Waals surface area contributed by atoms with Crippen LogP contribution in [-0.2, 0) is 14.4 Å². The maximum Gasteiger partial charge on any atom is 0.328 e. The summed E-state index contributed by atoms with van der Waals surface area (Å²) in [6.45, 7) is 6.78. The van der Waals surface area contributed by atoms with Gasteiger partial charge in [-0.1, -0.05) is 34.1 Å². The number of rotatable bonds is 10. The summed E-state index contributed by atoms with van der Waals surface area (Å²) < 4.78 is 0. The van der Waals surface area contributed by atoms with E-state index in [0.29, 0.717) is 6.42 Å². The van der Waals surface area contributed by atoms with E-state index >= 15 is 0 Å². The Morgan fingerprint density at radius 2 is 1.57 bits per heavy atom. The Morgan fingerprint density at radius 1 is 1.04 bits per heavy atom. The predicted octanol–water partition coefficient (Wildman–Crippen LogP) is -0.548. The van der Waals surface area contributed by atoms with E-state index in [0.717, 1.165) is 6.42 Å². The number of aliphatic hydroxyl groups excluding tert-OH is 1. The van der Waals surface area contributed by atoms with Gasteiger partial charge in [-0.05, 0) is 18.3 Å². The minimum absolute atomic E-state index is 0.0398. The molecule has 6 N–H and O–H groups in total. The summed E-state index contributed by atoms with van der Waals surface area (Å²) in [7, 11) is 0. The van der Waals surface area contributed by atoms with Crippen molar-refractivity contribution in [1.29, 1.82) is 0 Å². The molecule has 0 aromatic carbocycles. The molecule has 4 atom stereocenters. The Morgan fingerprint density at radius 3 is 1.96 bits per heavy atom. The first-order valence-corrected chi connectivity index (χ1v) is 7.83. The van der Waals surface area contributed by atoms with Crippen LogP contribution in [0.4, 0.5) is 0 Å². The summed E-state index contributed by atoms with van der Waals surface area (Å²) >= 11 is 0. The van der Waals surface area contributed by atoms with Gasteiger partial charge < -0.3 is 26.6 Å². The van der Waals surface area contributed by atoms with Crippen LogP contribution in [0.1, 0.15) is 40.5 Å². The highest BCUT2D eigenvalue weighted by molar-refractivity contribution is 5.91. The molecule has 2 amide bonds. The lowest BCUT2D eigenvalue weighted by atomic mass is 9.97. The van der Waals surface area contributed by atoms with Gasteiger partial charge in [-0.2, -0.15) is 0 Å². The second-order valence-electron chi connectivity index (χ2n) is 6.18. The van der Waals surface area contributed by atoms with E-state index in [4.69, 9.17) is 15.9 Å². The zero-order chi connectivity index (χ0) is 18.2. The summed E-state index contributed by atoms with van der Waals surface area (Å²) in [4.78, 5) is 35.2. The quantitative estimate of drug-likeness (QED) is 0.364. The van der Waals surface area contributed by atoms with Crippen LogP contribution in [0.15, 0.2) is 0 Å². The van der Waals surface area contributed by atoms with Gasteiger partial charge >= 0.3 is 5.97 Å². The minimum Gasteiger partial charge on any atom is -0.480 e. The van der Waals surface area contributed by atoms with E-state index in [1.54, 1.807) is 0 Å². The summed E-state index contributed by atoms with van der Waals surface area (Å²) in [6.07, 6.45) is 1.06. The van der Waals surface area contributed by atoms with Crippen molar-refractivity contribution in [3.63, 3.8) is 0 Å². The summed E-state index contributed by atoms with van der Waals surface area (Å²) in [6, 6.07) is -3.04. The van der Waals surface area contributed by atoms with Crippen molar-refractivity contribution in [3.8, 4) is 0 Å². The fraction of sp³-hybridized carbons (Fsp3) is 0.800. The topological polar surface area (TPSA) is 142 Å². The Balaban J connectivity index is 4.96. The predicted molar refractivity (Wildman–Crippen MR) is 85.5 cm³/mol. The van der Waals surface area contributed by atoms with Gasteiger partial charge in [0.1, 0.15) is 12.1 Å². The molecule has 0 aliphatic heterocycles. The molecule has 8 nitrogen and oxygen atoms in total. The lowest BCUT2D eigenvalue weighted by Gasteiger charge is -2.25. The highest BCUT2D eigenvalue weighted by Crippen LogP contribution is 2.09. The van der Waals surface area contributed by atoms with Crippen molar-refractivity contribution in [3.05, 3.63) is 0 Å². The lowest BCUT2D eigenvalue weighted by Crippen LogP contribution is -2.56. The molecule has 0 bridgehead atoms. The molecule has 8 heteroatoms. The number of aliphatic carboxylic acids is 1. The Bertz CT molecular complexity index is 414. The van der Waals surface area contributed by atoms with Gasteiger partial charge in [0.15, 0.2) is 0 Å². The molecule has 0 rings (SSSR count). The van der Waals surface area contributed by atoms with Gasteiger partial charge in [-0.3, -0.25) is 9.59 Å². The molecule has 0 radical (unpaired) electrons. The maximum absolute atomic E-state index is 12.2. The normalized spacial score (nSPS) is 16.3. The monoisotopic (exact) mass is 331 g/mol. The summed E-state index contributed by atoms with van der Waals surface area (Å²) in [5.74, 6) is -2.38. The van der Waals surface area contributed by atoms with Crippen LogP contribution in [0.25, 0.3) is 0 Å². The molecule has 134 valence electrons. The van der Waals surface area contributed by atoms with E-state index in [2.05, 4.69) is 10.6 Å². The Kier molecular flexibility index (Phi) is 9.43. The molecule has 0 aromatic rings. The number of carboxylic acid groups (broad SMARTS) is 1. The smallest absolute Gasteiger partial charge is 0.328 e. The lowest BCUT2D eigenvalue weighted by molar-refractivity contribution is -0.143. The number of aliphatic hydroxyl groups is 1. The minimum atomic E-state index is -1.41. The van der Waals surface area contributed by atoms with Crippen molar-refractivity contribution < 1.29 is 24.6 Å². The van der Waals surface area contributed by atoms with Crippen molar-refractivity contribution in [2.45, 2.75) is 58.7 Å². The highest BCUT2D eigenvalue weighted by Gasteiger charge is 2.29. The maximum atomic E-state index is 12.2. The van der Waals surface area contributed by atoms with Crippen LogP contribution in [0.5, 0.6) is 0 Å². The van der Waals surface area contributed by atoms with Crippen molar-refractivity contribution in [2.75, 3.05) is 6.61 Å². The first-order valence-electron chi connectivity index (χ1n) is 7.83. The zero-order valence-electron chi connectivity index (χ0n) is 14.2. The number of hydrogen-bond donors (Lipinski definition) is 5. The standard InChI is InChI=1S/C15H29N3O5/c1-5-9(4)12(16)14(21)17-10(6-8(2)3)13(20)18-11(7-19)15(22)23/h8-12,19H,5-7,16H2,1-4H3,(H,17,21)(H,18,20)(H,22,23). The second-order valence-corrected chi connectivity index (χ2v) is 6.18. The third kappa shape index (κ3) is 7.43. The summed E-state index contributed by atoms with van der Waals surface area (Å²) in [5.41, 5.74) is 5.85. The molecule has 0 saturated carbocycles. The summed E-state index contributed by atoms with van der Waals surface area (Å²) in [5, 5.41) is 22.7. The number of nitrogens with one attached hydrogen (secondary N) is 2. The molecule has 23 heavy (non-hydrogen) atoms. The van der Waals surface area contributed by atoms with E-state index in [-0.39, 0.29) is 11.8 Å². The van der Waals surface area contributed by atoms with E-state index in [1.165, 1.54) is 0 Å². The first-order chi connectivity index (χ1) is 10.6. The average molecular weight is 331 g/mol. The molecular formula is C15H29N3O5. The van der Waals surface area contributed by atoms with Crippen LogP contribution in [0, 0.1) is 11.8 Å². The van der Waals surface area contributed by atoms with Gasteiger partial charge in [0.2, 0.25) is 11.8 Å². The van der Waals surface area contributed by atoms with Gasteiger partial charge in [0, 0.05) is 0 Å². The number of hydrogen-bond acceptors (Lipinski definition) is 5. The molecule has 0 saturated heterocycles. The molecule has 4 unspecified atom stereocenters. The van der Waals surface area contributed by atoms with E-state index < -0.39 is 42.5 Å². The van der Waals surface area contributed by atoms with Gasteiger partial charge in [-0.25, -0.2) is 4.79 Å². The third-order valence-corrected chi connectivity index (χ3v) is 3.70. The van der Waals surface area contributed by atoms with Crippen molar-refractivity contribution >= 4 is 17.8 Å². The molecule has 0 aromatic heterocycles. The van der Waals surface area contributed by atoms with Crippen LogP contribution in [0.2, 0.25) is 0 Å². The Hall–Kier alpha value is -1.67. The molecule has 0 aliphatic carbocycles. The number of nitrogens with two attached hydrogens (primary N) is 1. The highest BCUT2D eigenvalue weighted by atomic mass is 16.4. The number of carbonyl (C=O) groups excluding carboxylic acids is 2. The van der Waals surface area contributed by atoms with Crippen molar-refractivity contribution in [1.82, 2.24) is 10.6 Å². The zero-order valence-corrected chi connectivity index (χ0v) is 14.2. The van der Waals surface area contributed by atoms with E-state index in [1.807, 2.05) is 27.7 Å². The van der Waals surface area contributed by atoms with Crippen molar-refractivity contribution in [2.24, 2.45) is 17.6 Å². The number of carboxylic acids is 1. The largest absolute Gasteiger partial charge is 0.480 e. The van der Waals surface area contributed by atoms with Gasteiger partial charge in [0.05, 0.1) is 12.6 Å². The molecular weight excluding hydrogens is 302 g/mol. The van der Waals surface area contributed by atoms with Gasteiger partial charge in [-0.15, -0.1) is 0 Å². The molecule has 0 fully saturated rings. The van der Waals surface area contributed by atoms with Crippen LogP contribution in [0.3, 0.4) is 0 Å². The Labute approximate surface area is 136 Å². The number of carbonyl (C=O) groups is 3. The van der Waals surface area contributed by atoms with Gasteiger partial charge in [0.25, 0.3) is 0 Å². The third-order valence-electron chi connectivity index (χ3n) is 3.70. The van der Waals surface area contributed by atoms with E-state index in [9.17, 15) is 14.4 Å². The SMILES string of the molecule is CCC(C)C(N)C(=O)NC(CC(C)C)C(=O)NC(CO)C(=O)O. The molecule has 0 spiro atoms. The first kappa shape index (κ1) is 21.3. The van der Waals surface area contributed by atoms with Crippen LogP contribution < -0.4 is 16.4 Å². The fourth-order valence-electron chi connectivity index (χ4n) is 1.94. The molecule has 0 heterocycles. The van der Waals surface area contributed by atoms with Crippen LogP contribution in [-0.4, -0.2) is 52.7 Å². The van der Waals surface area contributed by atoms with Crippen LogP contribution >= 0.6 is 0 Å². The molecule has 0 aliphatic rings. The average Bonchev–Trinajstić information content (AvgIpc) is 2.48.